The molecule has 2 amide bonds. The number of para-hydroxylation sites is 1. The second-order valence-corrected chi connectivity index (χ2v) is 5.24. The zero-order valence-corrected chi connectivity index (χ0v) is 12.8. The van der Waals surface area contributed by atoms with E-state index in [-0.39, 0.29) is 11.3 Å². The van der Waals surface area contributed by atoms with Gasteiger partial charge in [-0.2, -0.15) is 0 Å². The average molecular weight is 349 g/mol. The van der Waals surface area contributed by atoms with Gasteiger partial charge in [0.15, 0.2) is 0 Å². The molecule has 0 spiro atoms. The third-order valence-corrected chi connectivity index (χ3v) is 3.40. The molecule has 0 fully saturated rings. The second kappa shape index (κ2) is 6.41. The molecule has 0 aliphatic carbocycles. The van der Waals surface area contributed by atoms with Crippen LogP contribution in [-0.2, 0) is 0 Å². The molecule has 0 heterocycles. The standard InChI is InChI=1S/C15H13BrN2O3/c1-18(11-5-3-2-4-6-11)15(21)17-13-8-7-10(16)9-12(13)14(19)20/h2-9H,1H3,(H,17,21)(H,19,20). The number of hydrogen-bond acceptors (Lipinski definition) is 2. The topological polar surface area (TPSA) is 69.6 Å². The molecule has 0 aliphatic heterocycles. The van der Waals surface area contributed by atoms with Crippen molar-refractivity contribution in [2.24, 2.45) is 0 Å². The maximum atomic E-state index is 12.2. The van der Waals surface area contributed by atoms with Crippen LogP contribution in [-0.4, -0.2) is 24.2 Å². The van der Waals surface area contributed by atoms with Crippen LogP contribution in [0.3, 0.4) is 0 Å². The third-order valence-electron chi connectivity index (χ3n) is 2.90. The number of carbonyl (C=O) groups excluding carboxylic acids is 1. The molecule has 0 bridgehead atoms. The van der Waals surface area contributed by atoms with Crippen LogP contribution < -0.4 is 10.2 Å². The Hall–Kier alpha value is -2.34. The van der Waals surface area contributed by atoms with Crippen molar-refractivity contribution in [3.63, 3.8) is 0 Å². The van der Waals surface area contributed by atoms with Crippen LogP contribution in [0.25, 0.3) is 0 Å². The molecular formula is C15H13BrN2O3. The highest BCUT2D eigenvalue weighted by atomic mass is 79.9. The van der Waals surface area contributed by atoms with Crippen molar-refractivity contribution in [2.75, 3.05) is 17.3 Å². The highest BCUT2D eigenvalue weighted by Gasteiger charge is 2.16. The van der Waals surface area contributed by atoms with Gasteiger partial charge in [0.05, 0.1) is 11.3 Å². The summed E-state index contributed by atoms with van der Waals surface area (Å²) < 4.78 is 0.634. The fourth-order valence-corrected chi connectivity index (χ4v) is 2.13. The van der Waals surface area contributed by atoms with Crippen LogP contribution in [0.2, 0.25) is 0 Å². The molecule has 2 aromatic rings. The van der Waals surface area contributed by atoms with Crippen molar-refractivity contribution in [2.45, 2.75) is 0 Å². The highest BCUT2D eigenvalue weighted by Crippen LogP contribution is 2.22. The Labute approximate surface area is 130 Å². The molecule has 0 radical (unpaired) electrons. The molecule has 0 aliphatic rings. The van der Waals surface area contributed by atoms with E-state index in [0.717, 1.165) is 0 Å². The number of nitrogens with one attached hydrogen (secondary N) is 1. The normalized spacial score (nSPS) is 10.0. The van der Waals surface area contributed by atoms with Gasteiger partial charge in [-0.3, -0.25) is 4.90 Å². The van der Waals surface area contributed by atoms with Gasteiger partial charge in [-0.15, -0.1) is 0 Å². The number of hydrogen-bond donors (Lipinski definition) is 2. The first kappa shape index (κ1) is 15.1. The molecule has 0 atom stereocenters. The maximum Gasteiger partial charge on any atom is 0.337 e. The van der Waals surface area contributed by atoms with Gasteiger partial charge < -0.3 is 10.4 Å². The number of carboxylic acids is 1. The van der Waals surface area contributed by atoms with Crippen LogP contribution in [0.1, 0.15) is 10.4 Å². The molecule has 2 rings (SSSR count). The number of urea groups is 1. The molecule has 21 heavy (non-hydrogen) atoms. The van der Waals surface area contributed by atoms with Crippen molar-refractivity contribution < 1.29 is 14.7 Å². The summed E-state index contributed by atoms with van der Waals surface area (Å²) in [4.78, 5) is 24.8. The van der Waals surface area contributed by atoms with Gasteiger partial charge in [0.1, 0.15) is 0 Å². The lowest BCUT2D eigenvalue weighted by Crippen LogP contribution is -2.31. The zero-order chi connectivity index (χ0) is 15.4. The summed E-state index contributed by atoms with van der Waals surface area (Å²) >= 11 is 3.21. The van der Waals surface area contributed by atoms with Gasteiger partial charge in [0.25, 0.3) is 0 Å². The second-order valence-electron chi connectivity index (χ2n) is 4.32. The highest BCUT2D eigenvalue weighted by molar-refractivity contribution is 9.10. The lowest BCUT2D eigenvalue weighted by atomic mass is 10.2. The first-order valence-corrected chi connectivity index (χ1v) is 6.91. The maximum absolute atomic E-state index is 12.2. The van der Waals surface area contributed by atoms with E-state index >= 15 is 0 Å². The number of anilines is 2. The fourth-order valence-electron chi connectivity index (χ4n) is 1.77. The quantitative estimate of drug-likeness (QED) is 0.885. The Morgan fingerprint density at radius 3 is 2.43 bits per heavy atom. The predicted octanol–water partition coefficient (Wildman–Crippen LogP) is 3.82. The van der Waals surface area contributed by atoms with E-state index in [1.54, 1.807) is 31.3 Å². The first-order chi connectivity index (χ1) is 9.99. The Morgan fingerprint density at radius 2 is 1.81 bits per heavy atom. The number of benzene rings is 2. The summed E-state index contributed by atoms with van der Waals surface area (Å²) in [6.07, 6.45) is 0. The number of rotatable bonds is 3. The monoisotopic (exact) mass is 348 g/mol. The minimum atomic E-state index is -1.10. The van der Waals surface area contributed by atoms with Crippen molar-refractivity contribution in [3.8, 4) is 0 Å². The summed E-state index contributed by atoms with van der Waals surface area (Å²) in [6.45, 7) is 0. The molecule has 108 valence electrons. The number of carbonyl (C=O) groups is 2. The van der Waals surface area contributed by atoms with E-state index in [9.17, 15) is 14.7 Å². The Kier molecular flexibility index (Phi) is 4.59. The lowest BCUT2D eigenvalue weighted by Gasteiger charge is -2.18. The third kappa shape index (κ3) is 3.61. The number of nitrogens with zero attached hydrogens (tertiary/aromatic N) is 1. The first-order valence-electron chi connectivity index (χ1n) is 6.11. The Bertz CT molecular complexity index is 674. The molecule has 0 saturated carbocycles. The van der Waals surface area contributed by atoms with Gasteiger partial charge in [0.2, 0.25) is 0 Å². The van der Waals surface area contributed by atoms with E-state index in [2.05, 4.69) is 21.2 Å². The summed E-state index contributed by atoms with van der Waals surface area (Å²) in [5.41, 5.74) is 0.988. The van der Waals surface area contributed by atoms with Crippen LogP contribution in [0.15, 0.2) is 53.0 Å². The smallest absolute Gasteiger partial charge is 0.337 e. The molecule has 0 aromatic heterocycles. The van der Waals surface area contributed by atoms with Gasteiger partial charge in [0, 0.05) is 17.2 Å². The molecule has 2 N–H and O–H groups in total. The van der Waals surface area contributed by atoms with Crippen LogP contribution in [0.5, 0.6) is 0 Å². The van der Waals surface area contributed by atoms with E-state index in [1.165, 1.54) is 11.0 Å². The molecule has 0 saturated heterocycles. The SMILES string of the molecule is CN(C(=O)Nc1ccc(Br)cc1C(=O)O)c1ccccc1. The van der Waals surface area contributed by atoms with Crippen molar-refractivity contribution in [1.82, 2.24) is 0 Å². The summed E-state index contributed by atoms with van der Waals surface area (Å²) in [7, 11) is 1.62. The minimum absolute atomic E-state index is 0.0270. The van der Waals surface area contributed by atoms with Gasteiger partial charge >= 0.3 is 12.0 Å². The van der Waals surface area contributed by atoms with E-state index in [0.29, 0.717) is 10.2 Å². The zero-order valence-electron chi connectivity index (χ0n) is 11.2. The number of aromatic carboxylic acids is 1. The molecular weight excluding hydrogens is 336 g/mol. The van der Waals surface area contributed by atoms with Gasteiger partial charge in [-0.25, -0.2) is 9.59 Å². The predicted molar refractivity (Wildman–Crippen MR) is 85.0 cm³/mol. The number of carboxylic acid groups (broad SMARTS) is 1. The largest absolute Gasteiger partial charge is 0.478 e. The molecule has 2 aromatic carbocycles. The number of halogens is 1. The molecule has 5 nitrogen and oxygen atoms in total. The van der Waals surface area contributed by atoms with Crippen LogP contribution in [0.4, 0.5) is 16.2 Å². The summed E-state index contributed by atoms with van der Waals surface area (Å²) in [5, 5.41) is 11.8. The number of amides is 2. The van der Waals surface area contributed by atoms with Gasteiger partial charge in [-0.05, 0) is 30.3 Å². The van der Waals surface area contributed by atoms with E-state index < -0.39 is 12.0 Å². The Morgan fingerprint density at radius 1 is 1.14 bits per heavy atom. The van der Waals surface area contributed by atoms with Crippen molar-refractivity contribution in [1.29, 1.82) is 0 Å². The molecule has 6 heteroatoms. The van der Waals surface area contributed by atoms with E-state index in [4.69, 9.17) is 0 Å². The van der Waals surface area contributed by atoms with Crippen molar-refractivity contribution >= 4 is 39.3 Å². The lowest BCUT2D eigenvalue weighted by molar-refractivity contribution is 0.0698. The van der Waals surface area contributed by atoms with E-state index in [1.807, 2.05) is 18.2 Å². The fraction of sp³-hybridized carbons (Fsp3) is 0.0667. The van der Waals surface area contributed by atoms with Gasteiger partial charge in [-0.1, -0.05) is 34.1 Å². The molecule has 0 unspecified atom stereocenters. The Balaban J connectivity index is 2.22. The average Bonchev–Trinajstić information content (AvgIpc) is 2.49. The van der Waals surface area contributed by atoms with Crippen LogP contribution >= 0.6 is 15.9 Å². The minimum Gasteiger partial charge on any atom is -0.478 e. The summed E-state index contributed by atoms with van der Waals surface area (Å²) in [5.74, 6) is -1.10. The van der Waals surface area contributed by atoms with Crippen LogP contribution in [0, 0.1) is 0 Å². The van der Waals surface area contributed by atoms with Crippen molar-refractivity contribution in [3.05, 3.63) is 58.6 Å². The summed E-state index contributed by atoms with van der Waals surface area (Å²) in [6, 6.07) is 13.3.